The number of Topliss-reactive ketones (excluding diaryl/α,β-unsaturated/α-hetero) is 1. The molecule has 2 heterocycles. The summed E-state index contributed by atoms with van der Waals surface area (Å²) >= 11 is 2.90. The van der Waals surface area contributed by atoms with Crippen molar-refractivity contribution in [1.82, 2.24) is 4.98 Å². The Hall–Kier alpha value is -2.05. The van der Waals surface area contributed by atoms with Crippen LogP contribution in [0, 0.1) is 6.92 Å². The van der Waals surface area contributed by atoms with E-state index in [-0.39, 0.29) is 24.5 Å². The van der Waals surface area contributed by atoms with Crippen molar-refractivity contribution in [2.75, 3.05) is 5.32 Å². The zero-order valence-electron chi connectivity index (χ0n) is 12.0. The summed E-state index contributed by atoms with van der Waals surface area (Å²) in [6.45, 7) is 1.96. The second-order valence-electron chi connectivity index (χ2n) is 4.87. The van der Waals surface area contributed by atoms with Gasteiger partial charge in [-0.1, -0.05) is 23.5 Å². The number of carbonyl (C=O) groups is 2. The summed E-state index contributed by atoms with van der Waals surface area (Å²) in [5.74, 6) is -0.168. The number of hydrogen-bond acceptors (Lipinski definition) is 5. The smallest absolute Gasteiger partial charge is 0.226 e. The molecular formula is C16H14N2O2S2. The molecule has 0 spiro atoms. The van der Waals surface area contributed by atoms with Gasteiger partial charge in [0.25, 0.3) is 0 Å². The minimum atomic E-state index is -0.180. The number of para-hydroxylation sites is 1. The van der Waals surface area contributed by atoms with Crippen molar-refractivity contribution in [1.29, 1.82) is 0 Å². The van der Waals surface area contributed by atoms with Gasteiger partial charge in [-0.25, -0.2) is 4.98 Å². The van der Waals surface area contributed by atoms with Crippen molar-refractivity contribution in [3.05, 3.63) is 46.2 Å². The van der Waals surface area contributed by atoms with Crippen LogP contribution in [0.4, 0.5) is 5.13 Å². The minimum absolute atomic E-state index is 0.0116. The SMILES string of the molecule is Cc1ccc(C(=O)CCC(=O)Nc2nc3ccccc3s2)s1. The molecule has 1 aromatic carbocycles. The normalized spacial score (nSPS) is 10.8. The van der Waals surface area contributed by atoms with Crippen molar-refractivity contribution in [3.8, 4) is 0 Å². The zero-order valence-corrected chi connectivity index (χ0v) is 13.6. The number of nitrogens with zero attached hydrogens (tertiary/aromatic N) is 1. The van der Waals surface area contributed by atoms with Crippen LogP contribution in [0.15, 0.2) is 36.4 Å². The highest BCUT2D eigenvalue weighted by Gasteiger charge is 2.12. The Balaban J connectivity index is 1.57. The average molecular weight is 330 g/mol. The van der Waals surface area contributed by atoms with Gasteiger partial charge in [0.05, 0.1) is 15.1 Å². The van der Waals surface area contributed by atoms with E-state index in [2.05, 4.69) is 10.3 Å². The molecule has 0 radical (unpaired) electrons. The number of rotatable bonds is 5. The Bertz CT molecular complexity index is 802. The molecule has 0 atom stereocenters. The predicted octanol–water partition coefficient (Wildman–Crippen LogP) is 4.27. The van der Waals surface area contributed by atoms with Crippen LogP contribution in [-0.2, 0) is 4.79 Å². The molecule has 1 N–H and O–H groups in total. The quantitative estimate of drug-likeness (QED) is 0.711. The first-order valence-corrected chi connectivity index (χ1v) is 8.50. The molecule has 4 nitrogen and oxygen atoms in total. The summed E-state index contributed by atoms with van der Waals surface area (Å²) in [5, 5.41) is 3.34. The maximum absolute atomic E-state index is 12.0. The van der Waals surface area contributed by atoms with E-state index in [9.17, 15) is 9.59 Å². The molecule has 3 aromatic rings. The number of ketones is 1. The molecule has 0 aliphatic rings. The van der Waals surface area contributed by atoms with Gasteiger partial charge in [0.1, 0.15) is 0 Å². The number of nitrogens with one attached hydrogen (secondary N) is 1. The lowest BCUT2D eigenvalue weighted by Crippen LogP contribution is -2.12. The summed E-state index contributed by atoms with van der Waals surface area (Å²) in [7, 11) is 0. The number of hydrogen-bond donors (Lipinski definition) is 1. The lowest BCUT2D eigenvalue weighted by Gasteiger charge is -2.00. The average Bonchev–Trinajstić information content (AvgIpc) is 3.10. The van der Waals surface area contributed by atoms with Crippen LogP contribution < -0.4 is 5.32 Å². The highest BCUT2D eigenvalue weighted by Crippen LogP contribution is 2.25. The molecule has 2 aromatic heterocycles. The van der Waals surface area contributed by atoms with E-state index in [1.54, 1.807) is 0 Å². The Labute approximate surface area is 135 Å². The van der Waals surface area contributed by atoms with Gasteiger partial charge in [-0.15, -0.1) is 11.3 Å². The molecule has 22 heavy (non-hydrogen) atoms. The molecule has 1 amide bonds. The number of carbonyl (C=O) groups excluding carboxylic acids is 2. The number of thiophene rings is 1. The molecule has 6 heteroatoms. The monoisotopic (exact) mass is 330 g/mol. The molecule has 112 valence electrons. The van der Waals surface area contributed by atoms with Crippen molar-refractivity contribution in [2.24, 2.45) is 0 Å². The first kappa shape index (κ1) is 14.9. The molecule has 0 saturated carbocycles. The highest BCUT2D eigenvalue weighted by atomic mass is 32.1. The van der Waals surface area contributed by atoms with Crippen molar-refractivity contribution in [2.45, 2.75) is 19.8 Å². The maximum Gasteiger partial charge on any atom is 0.226 e. The Kier molecular flexibility index (Phi) is 4.31. The largest absolute Gasteiger partial charge is 0.302 e. The van der Waals surface area contributed by atoms with Gasteiger partial charge in [0.15, 0.2) is 10.9 Å². The number of aromatic nitrogens is 1. The lowest BCUT2D eigenvalue weighted by atomic mass is 10.2. The molecular weight excluding hydrogens is 316 g/mol. The molecule has 0 fully saturated rings. The number of aryl methyl sites for hydroxylation is 1. The third kappa shape index (κ3) is 3.40. The van der Waals surface area contributed by atoms with E-state index in [0.29, 0.717) is 10.0 Å². The summed E-state index contributed by atoms with van der Waals surface area (Å²) in [5.41, 5.74) is 0.868. The van der Waals surface area contributed by atoms with Crippen LogP contribution in [-0.4, -0.2) is 16.7 Å². The summed E-state index contributed by atoms with van der Waals surface area (Å²) in [6, 6.07) is 11.4. The van der Waals surface area contributed by atoms with Crippen LogP contribution in [0.5, 0.6) is 0 Å². The number of fused-ring (bicyclic) bond motifs is 1. The lowest BCUT2D eigenvalue weighted by molar-refractivity contribution is -0.116. The maximum atomic E-state index is 12.0. The minimum Gasteiger partial charge on any atom is -0.302 e. The fourth-order valence-electron chi connectivity index (χ4n) is 2.04. The Morgan fingerprint density at radius 1 is 1.09 bits per heavy atom. The van der Waals surface area contributed by atoms with Gasteiger partial charge in [0.2, 0.25) is 5.91 Å². The van der Waals surface area contributed by atoms with E-state index < -0.39 is 0 Å². The van der Waals surface area contributed by atoms with Crippen LogP contribution in [0.1, 0.15) is 27.4 Å². The van der Waals surface area contributed by atoms with Gasteiger partial charge in [-0.3, -0.25) is 9.59 Å². The van der Waals surface area contributed by atoms with E-state index in [0.717, 1.165) is 15.1 Å². The molecule has 0 aliphatic heterocycles. The van der Waals surface area contributed by atoms with Gasteiger partial charge in [-0.2, -0.15) is 0 Å². The van der Waals surface area contributed by atoms with Crippen LogP contribution in [0.2, 0.25) is 0 Å². The van der Waals surface area contributed by atoms with Crippen LogP contribution in [0.3, 0.4) is 0 Å². The second kappa shape index (κ2) is 6.37. The van der Waals surface area contributed by atoms with Crippen LogP contribution in [0.25, 0.3) is 10.2 Å². The fourth-order valence-corrected chi connectivity index (χ4v) is 3.76. The van der Waals surface area contributed by atoms with E-state index in [4.69, 9.17) is 0 Å². The zero-order chi connectivity index (χ0) is 15.5. The second-order valence-corrected chi connectivity index (χ2v) is 7.19. The predicted molar refractivity (Wildman–Crippen MR) is 90.9 cm³/mol. The summed E-state index contributed by atoms with van der Waals surface area (Å²) < 4.78 is 1.03. The number of amides is 1. The molecule has 0 unspecified atom stereocenters. The van der Waals surface area contributed by atoms with Crippen molar-refractivity contribution < 1.29 is 9.59 Å². The van der Waals surface area contributed by atoms with E-state index >= 15 is 0 Å². The van der Waals surface area contributed by atoms with Crippen molar-refractivity contribution >= 4 is 49.7 Å². The third-order valence-corrected chi connectivity index (χ3v) is 5.13. The van der Waals surface area contributed by atoms with Gasteiger partial charge in [-0.05, 0) is 31.2 Å². The molecule has 0 saturated heterocycles. The van der Waals surface area contributed by atoms with Gasteiger partial charge in [0, 0.05) is 17.7 Å². The van der Waals surface area contributed by atoms with E-state index in [1.807, 2.05) is 43.3 Å². The third-order valence-electron chi connectivity index (χ3n) is 3.13. The highest BCUT2D eigenvalue weighted by molar-refractivity contribution is 7.22. The molecule has 0 bridgehead atoms. The number of anilines is 1. The first-order valence-electron chi connectivity index (χ1n) is 6.87. The summed E-state index contributed by atoms with van der Waals surface area (Å²) in [4.78, 5) is 30.1. The van der Waals surface area contributed by atoms with Gasteiger partial charge < -0.3 is 5.32 Å². The first-order chi connectivity index (χ1) is 10.6. The summed E-state index contributed by atoms with van der Waals surface area (Å²) in [6.07, 6.45) is 0.391. The standard InChI is InChI=1S/C16H14N2O2S2/c1-10-6-8-14(21-10)12(19)7-9-15(20)18-16-17-11-4-2-3-5-13(11)22-16/h2-6,8H,7,9H2,1H3,(H,17,18,20). The van der Waals surface area contributed by atoms with Crippen molar-refractivity contribution in [3.63, 3.8) is 0 Å². The van der Waals surface area contributed by atoms with E-state index in [1.165, 1.54) is 22.7 Å². The fraction of sp³-hybridized carbons (Fsp3) is 0.188. The van der Waals surface area contributed by atoms with Crippen LogP contribution >= 0.6 is 22.7 Å². The Morgan fingerprint density at radius 3 is 2.64 bits per heavy atom. The Morgan fingerprint density at radius 2 is 1.91 bits per heavy atom. The molecule has 0 aliphatic carbocycles. The number of benzene rings is 1. The van der Waals surface area contributed by atoms with Gasteiger partial charge >= 0.3 is 0 Å². The number of thiazole rings is 1. The topological polar surface area (TPSA) is 59.1 Å². The molecule has 3 rings (SSSR count).